The Kier molecular flexibility index (Phi) is 5.27. The summed E-state index contributed by atoms with van der Waals surface area (Å²) < 4.78 is 6.68. The highest BCUT2D eigenvalue weighted by atomic mass is 16.5. The second-order valence-electron chi connectivity index (χ2n) is 15.0. The Morgan fingerprint density at radius 2 is 1.50 bits per heavy atom. The molecule has 0 aromatic heterocycles. The van der Waals surface area contributed by atoms with Gasteiger partial charge in [-0.15, -0.1) is 0 Å². The SMILES string of the molecule is CC(C)(O)C1CCC(C)(C2CCC3(C)C2CCC2C4(C)C(C=O)C(=O)C(C)(C)C4CCC23C)O1. The molecule has 1 saturated heterocycles. The van der Waals surface area contributed by atoms with Crippen molar-refractivity contribution < 1.29 is 19.4 Å². The van der Waals surface area contributed by atoms with Crippen molar-refractivity contribution in [1.29, 1.82) is 0 Å². The lowest BCUT2D eigenvalue weighted by molar-refractivity contribution is -0.195. The predicted molar refractivity (Wildman–Crippen MR) is 133 cm³/mol. The van der Waals surface area contributed by atoms with E-state index in [2.05, 4.69) is 41.5 Å². The van der Waals surface area contributed by atoms with E-state index in [-0.39, 0.29) is 33.7 Å². The number of ether oxygens (including phenoxy) is 1. The van der Waals surface area contributed by atoms with Gasteiger partial charge in [-0.05, 0) is 112 Å². The van der Waals surface area contributed by atoms with Crippen LogP contribution in [0.5, 0.6) is 0 Å². The van der Waals surface area contributed by atoms with E-state index in [1.807, 2.05) is 13.8 Å². The molecule has 0 amide bonds. The lowest BCUT2D eigenvalue weighted by Crippen LogP contribution is -2.61. The van der Waals surface area contributed by atoms with Crippen LogP contribution in [0.3, 0.4) is 0 Å². The van der Waals surface area contributed by atoms with E-state index >= 15 is 0 Å². The fourth-order valence-electron chi connectivity index (χ4n) is 11.0. The molecule has 1 aliphatic heterocycles. The van der Waals surface area contributed by atoms with Crippen molar-refractivity contribution in [2.45, 2.75) is 124 Å². The Bertz CT molecular complexity index is 887. The minimum Gasteiger partial charge on any atom is -0.388 e. The second-order valence-corrected chi connectivity index (χ2v) is 15.0. The van der Waals surface area contributed by atoms with Crippen molar-refractivity contribution in [3.63, 3.8) is 0 Å². The molecule has 0 bridgehead atoms. The summed E-state index contributed by atoms with van der Waals surface area (Å²) in [6.45, 7) is 17.6. The topological polar surface area (TPSA) is 63.6 Å². The molecule has 0 aromatic rings. The highest BCUT2D eigenvalue weighted by Gasteiger charge is 2.73. The molecule has 4 saturated carbocycles. The quantitative estimate of drug-likeness (QED) is 0.405. The molecule has 0 spiro atoms. The molecule has 34 heavy (non-hydrogen) atoms. The number of aldehydes is 1. The molecule has 1 heterocycles. The molecule has 5 fully saturated rings. The molecule has 0 aromatic carbocycles. The van der Waals surface area contributed by atoms with Gasteiger partial charge in [0.15, 0.2) is 0 Å². The van der Waals surface area contributed by atoms with Gasteiger partial charge in [-0.3, -0.25) is 4.79 Å². The summed E-state index contributed by atoms with van der Waals surface area (Å²) in [4.78, 5) is 25.8. The number of carbonyl (C=O) groups excluding carboxylic acids is 2. The highest BCUT2D eigenvalue weighted by molar-refractivity contribution is 6.00. The number of hydrogen-bond donors (Lipinski definition) is 1. The van der Waals surface area contributed by atoms with Crippen molar-refractivity contribution in [1.82, 2.24) is 0 Å². The van der Waals surface area contributed by atoms with Gasteiger partial charge in [-0.25, -0.2) is 0 Å². The summed E-state index contributed by atoms with van der Waals surface area (Å²) in [6.07, 6.45) is 9.72. The zero-order valence-corrected chi connectivity index (χ0v) is 22.9. The Balaban J connectivity index is 1.49. The zero-order valence-electron chi connectivity index (χ0n) is 22.9. The van der Waals surface area contributed by atoms with E-state index in [1.165, 1.54) is 12.8 Å². The van der Waals surface area contributed by atoms with Crippen molar-refractivity contribution in [2.24, 2.45) is 51.2 Å². The standard InChI is InChI=1S/C30H48O4/c1-25(2)21-12-15-28(6)22(30(21,8)20(17-31)24(25)32)10-9-18-19(11-14-27(18,28)5)29(7)16-13-23(34-29)26(3,4)33/h17-23,33H,9-16H2,1-8H3. The van der Waals surface area contributed by atoms with Crippen molar-refractivity contribution >= 4 is 12.1 Å². The fraction of sp³-hybridized carbons (Fsp3) is 0.933. The van der Waals surface area contributed by atoms with Gasteiger partial charge in [-0.1, -0.05) is 34.6 Å². The molecule has 10 atom stereocenters. The van der Waals surface area contributed by atoms with Crippen LogP contribution >= 0.6 is 0 Å². The zero-order chi connectivity index (χ0) is 25.1. The number of hydrogen-bond acceptors (Lipinski definition) is 4. The molecule has 192 valence electrons. The molecule has 1 N–H and O–H groups in total. The van der Waals surface area contributed by atoms with Crippen LogP contribution in [-0.2, 0) is 14.3 Å². The van der Waals surface area contributed by atoms with Crippen LogP contribution < -0.4 is 0 Å². The van der Waals surface area contributed by atoms with Crippen molar-refractivity contribution in [3.8, 4) is 0 Å². The van der Waals surface area contributed by atoms with E-state index in [1.54, 1.807) is 0 Å². The number of rotatable bonds is 3. The maximum absolute atomic E-state index is 13.4. The van der Waals surface area contributed by atoms with Gasteiger partial charge in [0.1, 0.15) is 12.1 Å². The maximum atomic E-state index is 13.4. The molecule has 4 aliphatic carbocycles. The number of fused-ring (bicyclic) bond motifs is 5. The average molecular weight is 473 g/mol. The molecular weight excluding hydrogens is 424 g/mol. The Labute approximate surface area is 207 Å². The van der Waals surface area contributed by atoms with Gasteiger partial charge in [0, 0.05) is 5.41 Å². The highest BCUT2D eigenvalue weighted by Crippen LogP contribution is 2.77. The third-order valence-electron chi connectivity index (χ3n) is 13.1. The van der Waals surface area contributed by atoms with Gasteiger partial charge in [0.25, 0.3) is 0 Å². The monoisotopic (exact) mass is 472 g/mol. The van der Waals surface area contributed by atoms with Gasteiger partial charge in [0.2, 0.25) is 0 Å². The van der Waals surface area contributed by atoms with Crippen LogP contribution in [-0.4, -0.2) is 34.5 Å². The van der Waals surface area contributed by atoms with E-state index in [9.17, 15) is 14.7 Å². The summed E-state index contributed by atoms with van der Waals surface area (Å²) in [5, 5.41) is 10.6. The van der Waals surface area contributed by atoms with Gasteiger partial charge in [-0.2, -0.15) is 0 Å². The fourth-order valence-corrected chi connectivity index (χ4v) is 11.0. The number of ketones is 1. The summed E-state index contributed by atoms with van der Waals surface area (Å²) in [5.74, 6) is 1.52. The third-order valence-corrected chi connectivity index (χ3v) is 13.1. The van der Waals surface area contributed by atoms with Gasteiger partial charge < -0.3 is 14.6 Å². The van der Waals surface area contributed by atoms with Gasteiger partial charge >= 0.3 is 0 Å². The van der Waals surface area contributed by atoms with E-state index in [0.29, 0.717) is 23.7 Å². The third kappa shape index (κ3) is 2.85. The molecule has 10 unspecified atom stereocenters. The van der Waals surface area contributed by atoms with Crippen LogP contribution in [0.25, 0.3) is 0 Å². The first-order valence-electron chi connectivity index (χ1n) is 14.0. The van der Waals surface area contributed by atoms with E-state index in [4.69, 9.17) is 4.74 Å². The maximum Gasteiger partial charge on any atom is 0.149 e. The number of Topliss-reactive ketones (excluding diaryl/α,β-unsaturated/α-hetero) is 1. The second kappa shape index (κ2) is 7.18. The van der Waals surface area contributed by atoms with Crippen LogP contribution in [0.2, 0.25) is 0 Å². The van der Waals surface area contributed by atoms with Gasteiger partial charge in [0.05, 0.1) is 23.2 Å². The summed E-state index contributed by atoms with van der Waals surface area (Å²) in [6, 6.07) is 0. The largest absolute Gasteiger partial charge is 0.388 e. The Hall–Kier alpha value is -0.740. The normalized spacial score (nSPS) is 54.4. The predicted octanol–water partition coefficient (Wildman–Crippen LogP) is 5.98. The number of carbonyl (C=O) groups is 2. The molecule has 4 nitrogen and oxygen atoms in total. The molecular formula is C30H48O4. The van der Waals surface area contributed by atoms with E-state index < -0.39 is 16.9 Å². The summed E-state index contributed by atoms with van der Waals surface area (Å²) in [7, 11) is 0. The summed E-state index contributed by atoms with van der Waals surface area (Å²) in [5.41, 5.74) is -1.30. The Morgan fingerprint density at radius 3 is 2.09 bits per heavy atom. The van der Waals surface area contributed by atoms with Crippen LogP contribution in [0.15, 0.2) is 0 Å². The lowest BCUT2D eigenvalue weighted by atomic mass is 9.38. The molecule has 0 radical (unpaired) electrons. The molecule has 5 rings (SSSR count). The minimum absolute atomic E-state index is 0.0919. The smallest absolute Gasteiger partial charge is 0.149 e. The first-order valence-corrected chi connectivity index (χ1v) is 14.0. The molecule has 4 heteroatoms. The number of aliphatic hydroxyl groups is 1. The summed E-state index contributed by atoms with van der Waals surface area (Å²) >= 11 is 0. The molecule has 5 aliphatic rings. The van der Waals surface area contributed by atoms with E-state index in [0.717, 1.165) is 44.8 Å². The lowest BCUT2D eigenvalue weighted by Gasteiger charge is -2.66. The first kappa shape index (κ1) is 24.9. The van der Waals surface area contributed by atoms with Crippen LogP contribution in [0.4, 0.5) is 0 Å². The first-order chi connectivity index (χ1) is 15.6. The van der Waals surface area contributed by atoms with Crippen molar-refractivity contribution in [2.75, 3.05) is 0 Å². The Morgan fingerprint density at radius 1 is 0.853 bits per heavy atom. The average Bonchev–Trinajstić information content (AvgIpc) is 3.34. The van der Waals surface area contributed by atoms with Crippen LogP contribution in [0, 0.1) is 51.2 Å². The minimum atomic E-state index is -0.804. The van der Waals surface area contributed by atoms with Crippen molar-refractivity contribution in [3.05, 3.63) is 0 Å². The van der Waals surface area contributed by atoms with Crippen LogP contribution in [0.1, 0.15) is 107 Å².